The van der Waals surface area contributed by atoms with Crippen molar-refractivity contribution in [1.29, 1.82) is 0 Å². The summed E-state index contributed by atoms with van der Waals surface area (Å²) in [6.07, 6.45) is 5.08. The Morgan fingerprint density at radius 1 is 1.29 bits per heavy atom. The maximum atomic E-state index is 10.9. The molecule has 7 nitrogen and oxygen atoms in total. The molecule has 0 radical (unpaired) electrons. The second-order valence-corrected chi connectivity index (χ2v) is 3.50. The molecule has 17 heavy (non-hydrogen) atoms. The van der Waals surface area contributed by atoms with E-state index in [0.717, 1.165) is 11.2 Å². The molecule has 7 heteroatoms. The van der Waals surface area contributed by atoms with Crippen molar-refractivity contribution < 1.29 is 4.79 Å². The van der Waals surface area contributed by atoms with E-state index in [0.29, 0.717) is 0 Å². The van der Waals surface area contributed by atoms with Crippen LogP contribution in [0, 0.1) is 0 Å². The molecule has 1 amide bonds. The zero-order chi connectivity index (χ0) is 11.8. The average molecular weight is 228 g/mol. The highest BCUT2D eigenvalue weighted by Crippen LogP contribution is 2.09. The molecule has 0 atom stereocenters. The molecule has 0 aromatic carbocycles. The Morgan fingerprint density at radius 2 is 2.18 bits per heavy atom. The second kappa shape index (κ2) is 3.41. The number of nitrogens with two attached hydrogens (primary N) is 1. The van der Waals surface area contributed by atoms with Crippen molar-refractivity contribution in [3.05, 3.63) is 42.5 Å². The number of aromatic nitrogens is 5. The van der Waals surface area contributed by atoms with Crippen LogP contribution in [-0.2, 0) is 0 Å². The molecule has 3 rings (SSSR count). The van der Waals surface area contributed by atoms with Crippen LogP contribution in [-0.4, -0.2) is 30.5 Å². The smallest absolute Gasteiger partial charge is 0.269 e. The Balaban J connectivity index is 2.09. The van der Waals surface area contributed by atoms with Gasteiger partial charge in [-0.25, -0.2) is 9.20 Å². The summed E-state index contributed by atoms with van der Waals surface area (Å²) >= 11 is 0. The fourth-order valence-corrected chi connectivity index (χ4v) is 1.54. The number of rotatable bonds is 2. The van der Waals surface area contributed by atoms with Crippen LogP contribution in [0.4, 0.5) is 0 Å². The Bertz CT molecular complexity index is 697. The summed E-state index contributed by atoms with van der Waals surface area (Å²) in [5.41, 5.74) is 7.02. The number of amides is 1. The van der Waals surface area contributed by atoms with Gasteiger partial charge in [-0.15, -0.1) is 5.10 Å². The minimum absolute atomic E-state index is 0.226. The molecule has 0 aliphatic carbocycles. The Labute approximate surface area is 95.5 Å². The summed E-state index contributed by atoms with van der Waals surface area (Å²) in [4.78, 5) is 10.9. The SMILES string of the molecule is NC(=O)c1ccn(-c2ccc3cnnn3c2)n1. The molecule has 0 fully saturated rings. The maximum Gasteiger partial charge on any atom is 0.269 e. The van der Waals surface area contributed by atoms with Crippen molar-refractivity contribution in [3.8, 4) is 5.69 Å². The van der Waals surface area contributed by atoms with E-state index >= 15 is 0 Å². The van der Waals surface area contributed by atoms with Crippen molar-refractivity contribution in [2.24, 2.45) is 5.73 Å². The van der Waals surface area contributed by atoms with E-state index in [2.05, 4.69) is 15.4 Å². The third-order valence-corrected chi connectivity index (χ3v) is 2.39. The van der Waals surface area contributed by atoms with E-state index in [1.54, 1.807) is 33.9 Å². The van der Waals surface area contributed by atoms with Crippen LogP contribution in [0.15, 0.2) is 36.8 Å². The zero-order valence-electron chi connectivity index (χ0n) is 8.69. The lowest BCUT2D eigenvalue weighted by Crippen LogP contribution is -2.12. The minimum Gasteiger partial charge on any atom is -0.364 e. The average Bonchev–Trinajstić information content (AvgIpc) is 2.97. The highest BCUT2D eigenvalue weighted by atomic mass is 16.1. The van der Waals surface area contributed by atoms with Gasteiger partial charge in [-0.3, -0.25) is 4.79 Å². The standard InChI is InChI=1S/C10H8N6O/c11-10(17)9-3-4-15(13-9)8-2-1-7-5-12-14-16(7)6-8/h1-6H,(H2,11,17). The van der Waals surface area contributed by atoms with E-state index in [1.165, 1.54) is 0 Å². The number of carbonyl (C=O) groups is 1. The van der Waals surface area contributed by atoms with Gasteiger partial charge in [0.15, 0.2) is 0 Å². The monoisotopic (exact) mass is 228 g/mol. The van der Waals surface area contributed by atoms with Gasteiger partial charge in [0.25, 0.3) is 5.91 Å². The van der Waals surface area contributed by atoms with Gasteiger partial charge < -0.3 is 5.73 Å². The molecular weight excluding hydrogens is 220 g/mol. The molecule has 3 aromatic heterocycles. The van der Waals surface area contributed by atoms with Gasteiger partial charge in [-0.2, -0.15) is 5.10 Å². The van der Waals surface area contributed by atoms with Crippen LogP contribution in [0.5, 0.6) is 0 Å². The third-order valence-electron chi connectivity index (χ3n) is 2.39. The van der Waals surface area contributed by atoms with Crippen LogP contribution in [0.25, 0.3) is 11.2 Å². The molecule has 3 aromatic rings. The van der Waals surface area contributed by atoms with Gasteiger partial charge in [0.05, 0.1) is 23.6 Å². The largest absolute Gasteiger partial charge is 0.364 e. The summed E-state index contributed by atoms with van der Waals surface area (Å²) in [7, 11) is 0. The lowest BCUT2D eigenvalue weighted by atomic mass is 10.4. The fraction of sp³-hybridized carbons (Fsp3) is 0. The predicted molar refractivity (Wildman–Crippen MR) is 58.6 cm³/mol. The molecule has 0 aliphatic rings. The first-order valence-corrected chi connectivity index (χ1v) is 4.90. The van der Waals surface area contributed by atoms with Gasteiger partial charge >= 0.3 is 0 Å². The number of fused-ring (bicyclic) bond motifs is 1. The van der Waals surface area contributed by atoms with E-state index < -0.39 is 5.91 Å². The Hall–Kier alpha value is -2.70. The molecule has 3 heterocycles. The lowest BCUT2D eigenvalue weighted by molar-refractivity contribution is 0.0995. The normalized spacial score (nSPS) is 10.8. The number of hydrogen-bond acceptors (Lipinski definition) is 4. The summed E-state index contributed by atoms with van der Waals surface area (Å²) in [5, 5.41) is 11.7. The molecular formula is C10H8N6O. The first kappa shape index (κ1) is 9.52. The summed E-state index contributed by atoms with van der Waals surface area (Å²) < 4.78 is 3.18. The van der Waals surface area contributed by atoms with Crippen molar-refractivity contribution in [1.82, 2.24) is 24.6 Å². The van der Waals surface area contributed by atoms with Gasteiger partial charge in [0.2, 0.25) is 0 Å². The molecule has 84 valence electrons. The van der Waals surface area contributed by atoms with E-state index in [4.69, 9.17) is 5.73 Å². The minimum atomic E-state index is -0.550. The summed E-state index contributed by atoms with van der Waals surface area (Å²) in [5.74, 6) is -0.550. The van der Waals surface area contributed by atoms with Crippen molar-refractivity contribution in [2.45, 2.75) is 0 Å². The van der Waals surface area contributed by atoms with E-state index in [1.807, 2.05) is 12.1 Å². The van der Waals surface area contributed by atoms with Crippen molar-refractivity contribution in [3.63, 3.8) is 0 Å². The first-order chi connectivity index (χ1) is 8.24. The van der Waals surface area contributed by atoms with Gasteiger partial charge in [0.1, 0.15) is 5.69 Å². The van der Waals surface area contributed by atoms with Crippen molar-refractivity contribution in [2.75, 3.05) is 0 Å². The molecule has 2 N–H and O–H groups in total. The number of primary amides is 1. The van der Waals surface area contributed by atoms with E-state index in [-0.39, 0.29) is 5.69 Å². The van der Waals surface area contributed by atoms with Gasteiger partial charge in [-0.1, -0.05) is 5.21 Å². The maximum absolute atomic E-state index is 10.9. The molecule has 0 unspecified atom stereocenters. The number of hydrogen-bond donors (Lipinski definition) is 1. The summed E-state index contributed by atoms with van der Waals surface area (Å²) in [6.45, 7) is 0. The Morgan fingerprint density at radius 3 is 2.94 bits per heavy atom. The third kappa shape index (κ3) is 1.53. The van der Waals surface area contributed by atoms with Crippen LogP contribution < -0.4 is 5.73 Å². The molecule has 0 spiro atoms. The van der Waals surface area contributed by atoms with Crippen LogP contribution in [0.1, 0.15) is 10.5 Å². The number of pyridine rings is 1. The topological polar surface area (TPSA) is 91.1 Å². The fourth-order valence-electron chi connectivity index (χ4n) is 1.54. The molecule has 0 saturated heterocycles. The van der Waals surface area contributed by atoms with Crippen LogP contribution >= 0.6 is 0 Å². The predicted octanol–water partition coefficient (Wildman–Crippen LogP) is 0.0139. The van der Waals surface area contributed by atoms with E-state index in [9.17, 15) is 4.79 Å². The highest BCUT2D eigenvalue weighted by molar-refractivity contribution is 5.90. The quantitative estimate of drug-likeness (QED) is 0.669. The zero-order valence-corrected chi connectivity index (χ0v) is 8.69. The highest BCUT2D eigenvalue weighted by Gasteiger charge is 2.06. The summed E-state index contributed by atoms with van der Waals surface area (Å²) in [6, 6.07) is 5.28. The number of nitrogens with zero attached hydrogens (tertiary/aromatic N) is 5. The van der Waals surface area contributed by atoms with Crippen LogP contribution in [0.2, 0.25) is 0 Å². The molecule has 0 bridgehead atoms. The lowest BCUT2D eigenvalue weighted by Gasteiger charge is -2.00. The van der Waals surface area contributed by atoms with Crippen LogP contribution in [0.3, 0.4) is 0 Å². The molecule has 0 saturated carbocycles. The Kier molecular flexibility index (Phi) is 1.91. The second-order valence-electron chi connectivity index (χ2n) is 3.50. The first-order valence-electron chi connectivity index (χ1n) is 4.90. The van der Waals surface area contributed by atoms with Crippen molar-refractivity contribution >= 4 is 11.4 Å². The van der Waals surface area contributed by atoms with Gasteiger partial charge in [0, 0.05) is 6.20 Å². The molecule has 0 aliphatic heterocycles. The van der Waals surface area contributed by atoms with Gasteiger partial charge in [-0.05, 0) is 18.2 Å². The number of carbonyl (C=O) groups excluding carboxylic acids is 1.